The van der Waals surface area contributed by atoms with Crippen molar-refractivity contribution < 1.29 is 33.9 Å². The number of aliphatic hydroxyl groups excluding tert-OH is 4. The van der Waals surface area contributed by atoms with Crippen LogP contribution < -0.4 is 0 Å². The van der Waals surface area contributed by atoms with Gasteiger partial charge in [0, 0.05) is 5.56 Å². The molecule has 2 aliphatic carbocycles. The molecule has 0 bridgehead atoms. The van der Waals surface area contributed by atoms with Gasteiger partial charge in [0.1, 0.15) is 36.3 Å². The van der Waals surface area contributed by atoms with Crippen molar-refractivity contribution >= 4 is 0 Å². The normalized spacial score (nSPS) is 27.9. The molecule has 1 saturated heterocycles. The maximum atomic E-state index is 15.3. The first-order valence-electron chi connectivity index (χ1n) is 9.63. The summed E-state index contributed by atoms with van der Waals surface area (Å²) >= 11 is 0. The summed E-state index contributed by atoms with van der Waals surface area (Å²) in [6.07, 6.45) is -8.63. The summed E-state index contributed by atoms with van der Waals surface area (Å²) < 4.78 is 35.3. The van der Waals surface area contributed by atoms with Gasteiger partial charge in [-0.25, -0.2) is 8.78 Å². The third-order valence-electron chi connectivity index (χ3n) is 5.56. The second-order valence-electron chi connectivity index (χ2n) is 7.50. The van der Waals surface area contributed by atoms with E-state index >= 15 is 4.39 Å². The van der Waals surface area contributed by atoms with E-state index in [0.717, 1.165) is 17.2 Å². The van der Waals surface area contributed by atoms with Gasteiger partial charge in [0.15, 0.2) is 6.17 Å². The monoisotopic (exact) mass is 416 g/mol. The molecule has 0 radical (unpaired) electrons. The standard InChI is InChI=1S/C23H22F2O5/c24-17-7-6-14(23-22(29)21(28)20(27)18(11-26)30-23)10-16(17)19(25)15-8-12-4-2-1-3-5-13(12)9-15/h1-10,18-23,26-29H,11H2/t18-,19?,20-,21+,22-,23+/m1/s1. The molecule has 6 atom stereocenters. The van der Waals surface area contributed by atoms with E-state index in [4.69, 9.17) is 4.74 Å². The van der Waals surface area contributed by atoms with Crippen molar-refractivity contribution in [1.29, 1.82) is 0 Å². The lowest BCUT2D eigenvalue weighted by Crippen LogP contribution is -2.55. The molecular weight excluding hydrogens is 394 g/mol. The Bertz CT molecular complexity index is 964. The van der Waals surface area contributed by atoms with E-state index in [2.05, 4.69) is 0 Å². The molecule has 1 aromatic carbocycles. The largest absolute Gasteiger partial charge is 0.394 e. The number of aliphatic hydroxyl groups is 4. The average Bonchev–Trinajstić information content (AvgIpc) is 3.03. The molecule has 1 aliphatic heterocycles. The second-order valence-corrected chi connectivity index (χ2v) is 7.50. The Morgan fingerprint density at radius 3 is 2.17 bits per heavy atom. The smallest absolute Gasteiger partial charge is 0.153 e. The van der Waals surface area contributed by atoms with E-state index in [1.54, 1.807) is 12.1 Å². The Labute approximate surface area is 172 Å². The topological polar surface area (TPSA) is 90.2 Å². The van der Waals surface area contributed by atoms with Crippen molar-refractivity contribution in [3.63, 3.8) is 0 Å². The molecule has 158 valence electrons. The summed E-state index contributed by atoms with van der Waals surface area (Å²) in [6, 6.07) is 16.1. The van der Waals surface area contributed by atoms with Crippen LogP contribution in [0.15, 0.2) is 60.7 Å². The zero-order chi connectivity index (χ0) is 21.4. The highest BCUT2D eigenvalue weighted by atomic mass is 19.1. The van der Waals surface area contributed by atoms with Crippen molar-refractivity contribution in [2.24, 2.45) is 0 Å². The first-order valence-corrected chi connectivity index (χ1v) is 9.63. The average molecular weight is 416 g/mol. The van der Waals surface area contributed by atoms with Crippen LogP contribution in [0.2, 0.25) is 0 Å². The van der Waals surface area contributed by atoms with Crippen LogP contribution >= 0.6 is 0 Å². The van der Waals surface area contributed by atoms with E-state index in [-0.39, 0.29) is 11.1 Å². The first-order chi connectivity index (χ1) is 14.4. The van der Waals surface area contributed by atoms with E-state index in [1.165, 1.54) is 12.1 Å². The Morgan fingerprint density at radius 2 is 1.53 bits per heavy atom. The van der Waals surface area contributed by atoms with Crippen molar-refractivity contribution in [2.45, 2.75) is 36.7 Å². The van der Waals surface area contributed by atoms with Gasteiger partial charge in [-0.15, -0.1) is 0 Å². The second kappa shape index (κ2) is 8.37. The molecular formula is C23H22F2O5. The number of hydrogen-bond acceptors (Lipinski definition) is 5. The highest BCUT2D eigenvalue weighted by Crippen LogP contribution is 2.38. The fourth-order valence-corrected chi connectivity index (χ4v) is 3.88. The van der Waals surface area contributed by atoms with E-state index in [1.807, 2.05) is 30.3 Å². The Morgan fingerprint density at radius 1 is 0.867 bits per heavy atom. The molecule has 4 rings (SSSR count). The highest BCUT2D eigenvalue weighted by Gasteiger charge is 2.44. The number of alkyl halides is 1. The van der Waals surface area contributed by atoms with Crippen LogP contribution in [0.4, 0.5) is 8.78 Å². The zero-order valence-corrected chi connectivity index (χ0v) is 15.9. The van der Waals surface area contributed by atoms with Crippen molar-refractivity contribution in [3.05, 3.63) is 83.2 Å². The summed E-state index contributed by atoms with van der Waals surface area (Å²) in [7, 11) is 0. The van der Waals surface area contributed by atoms with E-state index in [0.29, 0.717) is 5.56 Å². The molecule has 0 spiro atoms. The van der Waals surface area contributed by atoms with Gasteiger partial charge in [0.25, 0.3) is 0 Å². The predicted octanol–water partition coefficient (Wildman–Crippen LogP) is 2.50. The molecule has 7 heteroatoms. The molecule has 5 nitrogen and oxygen atoms in total. The molecule has 0 aromatic heterocycles. The van der Waals surface area contributed by atoms with Gasteiger partial charge in [-0.05, 0) is 46.5 Å². The molecule has 30 heavy (non-hydrogen) atoms. The fraction of sp³-hybridized carbons (Fsp3) is 0.304. The van der Waals surface area contributed by atoms with Gasteiger partial charge in [0.2, 0.25) is 0 Å². The van der Waals surface area contributed by atoms with Crippen LogP contribution in [0, 0.1) is 5.82 Å². The third-order valence-corrected chi connectivity index (χ3v) is 5.56. The molecule has 1 fully saturated rings. The molecule has 4 N–H and O–H groups in total. The maximum Gasteiger partial charge on any atom is 0.153 e. The van der Waals surface area contributed by atoms with Crippen LogP contribution in [-0.4, -0.2) is 51.4 Å². The summed E-state index contributed by atoms with van der Waals surface area (Å²) in [4.78, 5) is 0. The summed E-state index contributed by atoms with van der Waals surface area (Å²) in [6.45, 7) is -0.585. The van der Waals surface area contributed by atoms with Crippen LogP contribution in [0.5, 0.6) is 0 Å². The Hall–Kier alpha value is -2.42. The van der Waals surface area contributed by atoms with Crippen LogP contribution in [0.3, 0.4) is 0 Å². The van der Waals surface area contributed by atoms with Gasteiger partial charge >= 0.3 is 0 Å². The molecule has 0 saturated carbocycles. The molecule has 1 aromatic rings. The Balaban J connectivity index is 1.68. The third kappa shape index (κ3) is 3.71. The number of fused-ring (bicyclic) bond motifs is 1. The maximum absolute atomic E-state index is 15.3. The SMILES string of the molecule is OC[C@H]1O[C@@H](c2ccc(F)c(C(F)c3cc4cccccc-4c3)c2)[C@H](O)[C@@H](O)[C@@H]1O. The number of ether oxygens (including phenoxy) is 1. The van der Waals surface area contributed by atoms with Crippen molar-refractivity contribution in [1.82, 2.24) is 0 Å². The number of halogens is 2. The molecule has 1 heterocycles. The minimum atomic E-state index is -1.76. The van der Waals surface area contributed by atoms with E-state index in [9.17, 15) is 24.8 Å². The van der Waals surface area contributed by atoms with Crippen LogP contribution in [0.1, 0.15) is 29.0 Å². The summed E-state index contributed by atoms with van der Waals surface area (Å²) in [5, 5.41) is 39.6. The van der Waals surface area contributed by atoms with Crippen molar-refractivity contribution in [3.8, 4) is 11.1 Å². The highest BCUT2D eigenvalue weighted by molar-refractivity contribution is 5.68. The van der Waals surface area contributed by atoms with Crippen molar-refractivity contribution in [2.75, 3.05) is 6.61 Å². The minimum Gasteiger partial charge on any atom is -0.394 e. The minimum absolute atomic E-state index is 0.230. The Kier molecular flexibility index (Phi) is 5.81. The predicted molar refractivity (Wildman–Crippen MR) is 105 cm³/mol. The molecule has 3 aliphatic rings. The van der Waals surface area contributed by atoms with Gasteiger partial charge < -0.3 is 25.2 Å². The van der Waals surface area contributed by atoms with Crippen LogP contribution in [-0.2, 0) is 4.74 Å². The first kappa shape index (κ1) is 20.8. The lowest BCUT2D eigenvalue weighted by Gasteiger charge is -2.40. The lowest BCUT2D eigenvalue weighted by molar-refractivity contribution is -0.231. The number of rotatable bonds is 4. The molecule has 1 unspecified atom stereocenters. The quantitative estimate of drug-likeness (QED) is 0.525. The van der Waals surface area contributed by atoms with Gasteiger partial charge in [-0.2, -0.15) is 0 Å². The number of hydrogen-bond donors (Lipinski definition) is 4. The fourth-order valence-electron chi connectivity index (χ4n) is 3.88. The number of benzene rings is 1. The van der Waals surface area contributed by atoms with Gasteiger partial charge in [-0.1, -0.05) is 36.4 Å². The van der Waals surface area contributed by atoms with Gasteiger partial charge in [0.05, 0.1) is 6.61 Å². The lowest BCUT2D eigenvalue weighted by atomic mass is 9.90. The van der Waals surface area contributed by atoms with Crippen LogP contribution in [0.25, 0.3) is 11.1 Å². The molecule has 0 amide bonds. The summed E-state index contributed by atoms with van der Waals surface area (Å²) in [5.74, 6) is -0.758. The van der Waals surface area contributed by atoms with Gasteiger partial charge in [-0.3, -0.25) is 0 Å². The van der Waals surface area contributed by atoms with E-state index < -0.39 is 49.1 Å². The summed E-state index contributed by atoms with van der Waals surface area (Å²) in [5.41, 5.74) is 1.94. The zero-order valence-electron chi connectivity index (χ0n) is 15.9.